The van der Waals surface area contributed by atoms with Crippen molar-refractivity contribution >= 4 is 27.5 Å². The van der Waals surface area contributed by atoms with Crippen LogP contribution in [0.15, 0.2) is 41.2 Å². The minimum absolute atomic E-state index is 0.274. The van der Waals surface area contributed by atoms with Crippen LogP contribution in [-0.2, 0) is 11.2 Å². The summed E-state index contributed by atoms with van der Waals surface area (Å²) in [5.74, 6) is -0.489. The molecule has 0 saturated carbocycles. The summed E-state index contributed by atoms with van der Waals surface area (Å²) in [6, 6.07) is 10.7. The minimum atomic E-state index is -1.01. The first kappa shape index (κ1) is 16.4. The van der Waals surface area contributed by atoms with E-state index in [1.54, 1.807) is 6.92 Å². The second-order valence-corrected chi connectivity index (χ2v) is 6.55. The van der Waals surface area contributed by atoms with Crippen LogP contribution in [0.3, 0.4) is 0 Å². The molecule has 0 bridgehead atoms. The van der Waals surface area contributed by atoms with E-state index in [4.69, 9.17) is 0 Å². The molecule has 1 atom stereocenters. The Balaban J connectivity index is 2.26. The van der Waals surface area contributed by atoms with E-state index in [0.29, 0.717) is 28.9 Å². The minimum Gasteiger partial charge on any atom is -0.480 e. The number of carboxylic acids is 1. The van der Waals surface area contributed by atoms with Gasteiger partial charge in [-0.3, -0.25) is 9.36 Å². The molecule has 0 saturated heterocycles. The number of aromatic nitrogens is 2. The summed E-state index contributed by atoms with van der Waals surface area (Å²) < 4.78 is 1.34. The van der Waals surface area contributed by atoms with Gasteiger partial charge in [0.15, 0.2) is 0 Å². The van der Waals surface area contributed by atoms with Gasteiger partial charge in [0, 0.05) is 11.3 Å². The van der Waals surface area contributed by atoms with Gasteiger partial charge in [0.1, 0.15) is 16.7 Å². The monoisotopic (exact) mass is 342 g/mol. The fourth-order valence-electron chi connectivity index (χ4n) is 2.82. The van der Waals surface area contributed by atoms with Gasteiger partial charge >= 0.3 is 5.97 Å². The highest BCUT2D eigenvalue weighted by molar-refractivity contribution is 7.21. The van der Waals surface area contributed by atoms with E-state index < -0.39 is 12.0 Å². The number of rotatable bonds is 5. The van der Waals surface area contributed by atoms with Crippen molar-refractivity contribution in [1.82, 2.24) is 9.55 Å². The zero-order chi connectivity index (χ0) is 17.3. The number of nitrogens with zero attached hydrogens (tertiary/aromatic N) is 2. The molecule has 0 aliphatic rings. The molecule has 0 spiro atoms. The second-order valence-electron chi connectivity index (χ2n) is 5.51. The highest BCUT2D eigenvalue weighted by Crippen LogP contribution is 2.31. The van der Waals surface area contributed by atoms with Crippen molar-refractivity contribution in [3.8, 4) is 10.4 Å². The molecule has 1 N–H and O–H groups in total. The lowest BCUT2D eigenvalue weighted by Gasteiger charge is -2.17. The van der Waals surface area contributed by atoms with E-state index in [1.807, 2.05) is 43.3 Å². The Bertz CT molecular complexity index is 944. The lowest BCUT2D eigenvalue weighted by atomic mass is 10.1. The van der Waals surface area contributed by atoms with Crippen LogP contribution in [0.4, 0.5) is 0 Å². The Hall–Kier alpha value is -2.47. The van der Waals surface area contributed by atoms with E-state index in [0.717, 1.165) is 10.4 Å². The molecule has 0 radical (unpaired) electrons. The summed E-state index contributed by atoms with van der Waals surface area (Å²) in [5, 5.41) is 9.92. The third kappa shape index (κ3) is 2.73. The number of thiophene rings is 1. The third-order valence-corrected chi connectivity index (χ3v) is 5.11. The maximum absolute atomic E-state index is 12.9. The molecule has 0 aliphatic heterocycles. The molecular weight excluding hydrogens is 324 g/mol. The van der Waals surface area contributed by atoms with Gasteiger partial charge in [-0.1, -0.05) is 44.2 Å². The molecule has 1 unspecified atom stereocenters. The zero-order valence-corrected chi connectivity index (χ0v) is 14.3. The summed E-state index contributed by atoms with van der Waals surface area (Å²) in [6.07, 6.45) is 0.846. The molecule has 1 aromatic carbocycles. The van der Waals surface area contributed by atoms with E-state index in [-0.39, 0.29) is 5.56 Å². The third-order valence-electron chi connectivity index (χ3n) is 4.03. The lowest BCUT2D eigenvalue weighted by Crippen LogP contribution is -2.32. The molecule has 0 fully saturated rings. The normalized spacial score (nSPS) is 12.4. The first-order valence-electron chi connectivity index (χ1n) is 7.90. The Morgan fingerprint density at radius 2 is 2.00 bits per heavy atom. The molecule has 24 heavy (non-hydrogen) atoms. The topological polar surface area (TPSA) is 72.2 Å². The Morgan fingerprint density at radius 1 is 1.29 bits per heavy atom. The Kier molecular flexibility index (Phi) is 4.49. The molecule has 0 aliphatic carbocycles. The van der Waals surface area contributed by atoms with Gasteiger partial charge < -0.3 is 5.11 Å². The van der Waals surface area contributed by atoms with Crippen molar-refractivity contribution in [2.75, 3.05) is 0 Å². The van der Waals surface area contributed by atoms with E-state index in [2.05, 4.69) is 4.98 Å². The highest BCUT2D eigenvalue weighted by Gasteiger charge is 2.24. The van der Waals surface area contributed by atoms with Gasteiger partial charge in [0.2, 0.25) is 0 Å². The molecule has 0 amide bonds. The molecule has 2 heterocycles. The Morgan fingerprint density at radius 3 is 2.58 bits per heavy atom. The number of benzene rings is 1. The fraction of sp³-hybridized carbons (Fsp3) is 0.278. The van der Waals surface area contributed by atoms with Crippen LogP contribution in [0.25, 0.3) is 20.7 Å². The fourth-order valence-corrected chi connectivity index (χ4v) is 3.87. The van der Waals surface area contributed by atoms with Crippen LogP contribution in [0, 0.1) is 0 Å². The number of aryl methyl sites for hydroxylation is 1. The van der Waals surface area contributed by atoms with E-state index in [1.165, 1.54) is 15.9 Å². The van der Waals surface area contributed by atoms with Gasteiger partial charge in [-0.05, 0) is 18.1 Å². The summed E-state index contributed by atoms with van der Waals surface area (Å²) >= 11 is 1.46. The average Bonchev–Trinajstić information content (AvgIpc) is 3.02. The number of hydrogen-bond acceptors (Lipinski definition) is 4. The molecule has 2 aromatic heterocycles. The van der Waals surface area contributed by atoms with Gasteiger partial charge in [0.25, 0.3) is 5.56 Å². The van der Waals surface area contributed by atoms with Gasteiger partial charge in [-0.2, -0.15) is 0 Å². The van der Waals surface area contributed by atoms with Crippen molar-refractivity contribution in [3.05, 3.63) is 52.6 Å². The summed E-state index contributed by atoms with van der Waals surface area (Å²) in [6.45, 7) is 3.64. The molecule has 5 nitrogen and oxygen atoms in total. The number of fused-ring (bicyclic) bond motifs is 1. The van der Waals surface area contributed by atoms with E-state index >= 15 is 0 Å². The van der Waals surface area contributed by atoms with E-state index in [9.17, 15) is 14.7 Å². The maximum Gasteiger partial charge on any atom is 0.326 e. The average molecular weight is 342 g/mol. The number of carbonyl (C=O) groups is 1. The second kappa shape index (κ2) is 6.57. The predicted molar refractivity (Wildman–Crippen MR) is 95.7 cm³/mol. The van der Waals surface area contributed by atoms with Crippen LogP contribution in [0.2, 0.25) is 0 Å². The molecule has 6 heteroatoms. The predicted octanol–water partition coefficient (Wildman–Crippen LogP) is 3.72. The summed E-state index contributed by atoms with van der Waals surface area (Å²) in [7, 11) is 0. The molecular formula is C18H18N2O3S. The van der Waals surface area contributed by atoms with Crippen LogP contribution in [0.5, 0.6) is 0 Å². The largest absolute Gasteiger partial charge is 0.480 e. The van der Waals surface area contributed by atoms with Crippen molar-refractivity contribution in [2.45, 2.75) is 32.7 Å². The van der Waals surface area contributed by atoms with Crippen LogP contribution < -0.4 is 5.56 Å². The quantitative estimate of drug-likeness (QED) is 0.767. The lowest BCUT2D eigenvalue weighted by molar-refractivity contribution is -0.141. The van der Waals surface area contributed by atoms with Crippen molar-refractivity contribution in [1.29, 1.82) is 0 Å². The van der Waals surface area contributed by atoms with Crippen molar-refractivity contribution in [3.63, 3.8) is 0 Å². The highest BCUT2D eigenvalue weighted by atomic mass is 32.1. The van der Waals surface area contributed by atoms with Crippen LogP contribution in [0.1, 0.15) is 32.1 Å². The summed E-state index contributed by atoms with van der Waals surface area (Å²) in [4.78, 5) is 30.6. The van der Waals surface area contributed by atoms with Crippen LogP contribution in [-0.4, -0.2) is 20.6 Å². The maximum atomic E-state index is 12.9. The standard InChI is InChI=1S/C18H18N2O3S/c1-3-13(18(22)23)20-15(4-2)19-16-12(17(20)21)10-14(24-16)11-8-6-5-7-9-11/h5-10,13H,3-4H2,1-2H3,(H,22,23). The first-order valence-corrected chi connectivity index (χ1v) is 8.71. The van der Waals surface area contributed by atoms with Crippen LogP contribution >= 0.6 is 11.3 Å². The Labute approximate surface area is 143 Å². The molecule has 124 valence electrons. The van der Waals surface area contributed by atoms with Gasteiger partial charge in [-0.15, -0.1) is 11.3 Å². The van der Waals surface area contributed by atoms with Crippen molar-refractivity contribution < 1.29 is 9.90 Å². The van der Waals surface area contributed by atoms with Gasteiger partial charge in [0.05, 0.1) is 5.39 Å². The zero-order valence-electron chi connectivity index (χ0n) is 13.5. The number of aliphatic carboxylic acids is 1. The SMILES string of the molecule is CCc1nc2sc(-c3ccccc3)cc2c(=O)n1C(CC)C(=O)O. The van der Waals surface area contributed by atoms with Gasteiger partial charge in [-0.25, -0.2) is 9.78 Å². The molecule has 3 aromatic rings. The number of hydrogen-bond donors (Lipinski definition) is 1. The molecule has 3 rings (SSSR count). The summed E-state index contributed by atoms with van der Waals surface area (Å²) in [5.41, 5.74) is 0.749. The number of carboxylic acid groups (broad SMARTS) is 1. The first-order chi connectivity index (χ1) is 11.6. The smallest absolute Gasteiger partial charge is 0.326 e. The van der Waals surface area contributed by atoms with Crippen molar-refractivity contribution in [2.24, 2.45) is 0 Å².